The molecule has 1 aromatic carbocycles. The van der Waals surface area contributed by atoms with Crippen molar-refractivity contribution in [2.45, 2.75) is 45.6 Å². The van der Waals surface area contributed by atoms with Crippen LogP contribution in [0.3, 0.4) is 0 Å². The number of amides is 2. The third-order valence-electron chi connectivity index (χ3n) is 4.62. The van der Waals surface area contributed by atoms with Crippen molar-refractivity contribution in [3.63, 3.8) is 0 Å². The summed E-state index contributed by atoms with van der Waals surface area (Å²) < 4.78 is 4.99. The molecule has 126 valence electrons. The standard InChI is InChI=1S/C18H26N2O3/c1-13-6-7-15(12-14(13)2)20-16(21)8-9-18(20,3)17(22)19-10-5-11-23-4/h6-7,12H,5,8-11H2,1-4H3,(H,19,22)/t18-/m1/s1. The SMILES string of the molecule is COCCCNC(=O)[C@@]1(C)CCC(=O)N1c1ccc(C)c(C)c1. The van der Waals surface area contributed by atoms with Gasteiger partial charge in [-0.1, -0.05) is 6.07 Å². The third kappa shape index (κ3) is 3.55. The molecule has 1 saturated heterocycles. The van der Waals surface area contributed by atoms with Gasteiger partial charge in [-0.3, -0.25) is 14.5 Å². The zero-order chi connectivity index (χ0) is 17.0. The number of rotatable bonds is 6. The van der Waals surface area contributed by atoms with Crippen molar-refractivity contribution in [2.75, 3.05) is 25.2 Å². The average molecular weight is 318 g/mol. The van der Waals surface area contributed by atoms with E-state index in [9.17, 15) is 9.59 Å². The van der Waals surface area contributed by atoms with Gasteiger partial charge in [0.05, 0.1) is 0 Å². The van der Waals surface area contributed by atoms with E-state index in [1.165, 1.54) is 5.56 Å². The molecule has 23 heavy (non-hydrogen) atoms. The Kier molecular flexibility index (Phi) is 5.42. The van der Waals surface area contributed by atoms with Crippen molar-refractivity contribution in [1.29, 1.82) is 0 Å². The van der Waals surface area contributed by atoms with Crippen LogP contribution in [-0.4, -0.2) is 37.6 Å². The highest BCUT2D eigenvalue weighted by Crippen LogP contribution is 2.36. The number of anilines is 1. The third-order valence-corrected chi connectivity index (χ3v) is 4.62. The summed E-state index contributed by atoms with van der Waals surface area (Å²) in [5.74, 6) is -0.0968. The van der Waals surface area contributed by atoms with Gasteiger partial charge in [-0.25, -0.2) is 0 Å². The smallest absolute Gasteiger partial charge is 0.246 e. The summed E-state index contributed by atoms with van der Waals surface area (Å²) in [4.78, 5) is 26.7. The first-order chi connectivity index (χ1) is 10.9. The Labute approximate surface area is 138 Å². The van der Waals surface area contributed by atoms with Gasteiger partial charge < -0.3 is 10.1 Å². The predicted molar refractivity (Wildman–Crippen MR) is 90.5 cm³/mol. The van der Waals surface area contributed by atoms with Crippen molar-refractivity contribution >= 4 is 17.5 Å². The molecule has 5 nitrogen and oxygen atoms in total. The molecule has 2 rings (SSSR count). The van der Waals surface area contributed by atoms with E-state index >= 15 is 0 Å². The summed E-state index contributed by atoms with van der Waals surface area (Å²) in [5, 5.41) is 2.93. The second-order valence-electron chi connectivity index (χ2n) is 6.37. The number of ether oxygens (including phenoxy) is 1. The molecule has 1 atom stereocenters. The van der Waals surface area contributed by atoms with Crippen molar-refractivity contribution < 1.29 is 14.3 Å². The minimum atomic E-state index is -0.828. The average Bonchev–Trinajstić information content (AvgIpc) is 2.83. The molecule has 5 heteroatoms. The van der Waals surface area contributed by atoms with Gasteiger partial charge in [0.25, 0.3) is 0 Å². The highest BCUT2D eigenvalue weighted by atomic mass is 16.5. The quantitative estimate of drug-likeness (QED) is 0.819. The molecule has 1 fully saturated rings. The van der Waals surface area contributed by atoms with Gasteiger partial charge in [-0.05, 0) is 56.9 Å². The molecule has 0 aliphatic carbocycles. The topological polar surface area (TPSA) is 58.6 Å². The first-order valence-corrected chi connectivity index (χ1v) is 8.07. The molecule has 1 aliphatic heterocycles. The van der Waals surface area contributed by atoms with Crippen molar-refractivity contribution in [2.24, 2.45) is 0 Å². The van der Waals surface area contributed by atoms with Crippen molar-refractivity contribution in [3.8, 4) is 0 Å². The van der Waals surface area contributed by atoms with Crippen molar-refractivity contribution in [1.82, 2.24) is 5.32 Å². The molecule has 0 saturated carbocycles. The van der Waals surface area contributed by atoms with Gasteiger partial charge >= 0.3 is 0 Å². The first kappa shape index (κ1) is 17.5. The number of methoxy groups -OCH3 is 1. The number of aryl methyl sites for hydroxylation is 2. The summed E-state index contributed by atoms with van der Waals surface area (Å²) in [6.07, 6.45) is 1.69. The minimum absolute atomic E-state index is 0.00259. The molecule has 1 N–H and O–H groups in total. The van der Waals surface area contributed by atoms with Gasteiger partial charge in [0.15, 0.2) is 0 Å². The minimum Gasteiger partial charge on any atom is -0.385 e. The number of nitrogens with zero attached hydrogens (tertiary/aromatic N) is 1. The second-order valence-corrected chi connectivity index (χ2v) is 6.37. The Morgan fingerprint density at radius 1 is 1.35 bits per heavy atom. The molecule has 1 aromatic rings. The number of carbonyl (C=O) groups excluding carboxylic acids is 2. The molecule has 1 heterocycles. The van der Waals surface area contributed by atoms with E-state index in [0.717, 1.165) is 17.7 Å². The van der Waals surface area contributed by atoms with Crippen LogP contribution in [-0.2, 0) is 14.3 Å². The summed E-state index contributed by atoms with van der Waals surface area (Å²) in [6.45, 7) is 7.06. The van der Waals surface area contributed by atoms with E-state index in [1.54, 1.807) is 12.0 Å². The molecular weight excluding hydrogens is 292 g/mol. The Bertz CT molecular complexity index is 600. The first-order valence-electron chi connectivity index (χ1n) is 8.07. The molecule has 2 amide bonds. The molecule has 0 bridgehead atoms. The highest BCUT2D eigenvalue weighted by Gasteiger charge is 2.47. The molecule has 1 aliphatic rings. The fraction of sp³-hybridized carbons (Fsp3) is 0.556. The lowest BCUT2D eigenvalue weighted by atomic mass is 9.96. The fourth-order valence-electron chi connectivity index (χ4n) is 2.97. The Hall–Kier alpha value is -1.88. The van der Waals surface area contributed by atoms with Crippen LogP contribution in [0.4, 0.5) is 5.69 Å². The summed E-state index contributed by atoms with van der Waals surface area (Å²) in [5.41, 5.74) is 2.26. The lowest BCUT2D eigenvalue weighted by molar-refractivity contribution is -0.127. The number of nitrogens with one attached hydrogen (secondary N) is 1. The lowest BCUT2D eigenvalue weighted by Gasteiger charge is -2.34. The van der Waals surface area contributed by atoms with Gasteiger partial charge in [0.2, 0.25) is 11.8 Å². The van der Waals surface area contributed by atoms with E-state index in [0.29, 0.717) is 26.0 Å². The molecule has 0 radical (unpaired) electrons. The molecule has 0 spiro atoms. The predicted octanol–water partition coefficient (Wildman–Crippen LogP) is 2.34. The Morgan fingerprint density at radius 3 is 2.74 bits per heavy atom. The molecular formula is C18H26N2O3. The highest BCUT2D eigenvalue weighted by molar-refractivity contribution is 6.06. The fourth-order valence-corrected chi connectivity index (χ4v) is 2.97. The van der Waals surface area contributed by atoms with E-state index < -0.39 is 5.54 Å². The number of benzene rings is 1. The summed E-state index contributed by atoms with van der Waals surface area (Å²) in [6, 6.07) is 5.89. The van der Waals surface area contributed by atoms with Gasteiger partial charge in [0, 0.05) is 32.4 Å². The van der Waals surface area contributed by atoms with Crippen LogP contribution in [0.15, 0.2) is 18.2 Å². The van der Waals surface area contributed by atoms with E-state index in [2.05, 4.69) is 5.32 Å². The summed E-state index contributed by atoms with van der Waals surface area (Å²) >= 11 is 0. The van der Waals surface area contributed by atoms with E-state index in [-0.39, 0.29) is 11.8 Å². The zero-order valence-corrected chi connectivity index (χ0v) is 14.4. The van der Waals surface area contributed by atoms with Crippen LogP contribution < -0.4 is 10.2 Å². The van der Waals surface area contributed by atoms with E-state index in [4.69, 9.17) is 4.74 Å². The Balaban J connectivity index is 2.20. The van der Waals surface area contributed by atoms with E-state index in [1.807, 2.05) is 39.0 Å². The van der Waals surface area contributed by atoms with Crippen molar-refractivity contribution in [3.05, 3.63) is 29.3 Å². The lowest BCUT2D eigenvalue weighted by Crippen LogP contribution is -2.55. The summed E-state index contributed by atoms with van der Waals surface area (Å²) in [7, 11) is 1.64. The van der Waals surface area contributed by atoms with Crippen LogP contribution >= 0.6 is 0 Å². The molecule has 0 unspecified atom stereocenters. The van der Waals surface area contributed by atoms with Gasteiger partial charge in [-0.15, -0.1) is 0 Å². The number of carbonyl (C=O) groups is 2. The van der Waals surface area contributed by atoms with Crippen LogP contribution in [0.5, 0.6) is 0 Å². The monoisotopic (exact) mass is 318 g/mol. The second kappa shape index (κ2) is 7.13. The van der Waals surface area contributed by atoms with Crippen LogP contribution in [0.25, 0.3) is 0 Å². The van der Waals surface area contributed by atoms with Gasteiger partial charge in [-0.2, -0.15) is 0 Å². The maximum atomic E-state index is 12.7. The van der Waals surface area contributed by atoms with Gasteiger partial charge in [0.1, 0.15) is 5.54 Å². The largest absolute Gasteiger partial charge is 0.385 e. The maximum absolute atomic E-state index is 12.7. The zero-order valence-electron chi connectivity index (χ0n) is 14.4. The normalized spacial score (nSPS) is 20.9. The number of hydrogen-bond acceptors (Lipinski definition) is 3. The Morgan fingerprint density at radius 2 is 2.09 bits per heavy atom. The van der Waals surface area contributed by atoms with Crippen LogP contribution in [0.2, 0.25) is 0 Å². The maximum Gasteiger partial charge on any atom is 0.246 e. The molecule has 0 aromatic heterocycles. The van der Waals surface area contributed by atoms with Crippen LogP contribution in [0, 0.1) is 13.8 Å². The number of hydrogen-bond donors (Lipinski definition) is 1. The van der Waals surface area contributed by atoms with Crippen LogP contribution in [0.1, 0.15) is 37.3 Å².